The summed E-state index contributed by atoms with van der Waals surface area (Å²) in [4.78, 5) is 0. The van der Waals surface area contributed by atoms with E-state index in [1.54, 1.807) is 123 Å². The first-order valence-electron chi connectivity index (χ1n) is 34.3. The molecule has 13 nitrogen and oxygen atoms in total. The molecule has 0 amide bonds. The number of aromatic hydroxyl groups is 4. The molecule has 0 aromatic heterocycles. The van der Waals surface area contributed by atoms with Gasteiger partial charge >= 0.3 is 0 Å². The van der Waals surface area contributed by atoms with Gasteiger partial charge in [0.25, 0.3) is 0 Å². The molecule has 0 saturated carbocycles. The molecule has 0 aliphatic carbocycles. The number of benzene rings is 11. The predicted octanol–water partition coefficient (Wildman–Crippen LogP) is 21.8. The molecule has 0 saturated heterocycles. The van der Waals surface area contributed by atoms with E-state index in [1.807, 2.05) is 166 Å². The van der Waals surface area contributed by atoms with E-state index in [4.69, 9.17) is 53.2 Å². The van der Waals surface area contributed by atoms with Gasteiger partial charge in [-0.2, -0.15) is 0 Å². The van der Waals surface area contributed by atoms with Crippen LogP contribution in [-0.4, -0.2) is 89.5 Å². The zero-order chi connectivity index (χ0) is 78.0. The van der Waals surface area contributed by atoms with Crippen LogP contribution in [0, 0.1) is 21.3 Å². The Morgan fingerprint density at radius 2 is 0.654 bits per heavy atom. The number of aliphatic hydroxyl groups excluding tert-OH is 1. The van der Waals surface area contributed by atoms with Gasteiger partial charge in [0.2, 0.25) is 0 Å². The Labute approximate surface area is 665 Å². The number of rotatable bonds is 18. The Hall–Kier alpha value is -10.4. The average molecular weight is 1530 g/mol. The fraction of sp³-hybridized carbons (Fsp3) is 0.237. The Bertz CT molecular complexity index is 4050. The molecule has 0 unspecified atom stereocenters. The minimum Gasteiger partial charge on any atom is -0.508 e. The van der Waals surface area contributed by atoms with Gasteiger partial charge < -0.3 is 70.9 Å². The molecule has 11 aromatic carbocycles. The fourth-order valence-electron chi connectivity index (χ4n) is 9.71. The molecule has 11 rings (SSSR count). The minimum absolute atomic E-state index is 0. The van der Waals surface area contributed by atoms with Crippen molar-refractivity contribution in [1.82, 2.24) is 0 Å². The van der Waals surface area contributed by atoms with E-state index in [1.165, 1.54) is 46.1 Å². The van der Waals surface area contributed by atoms with Gasteiger partial charge in [-0.15, -0.1) is 13.2 Å². The molecule has 569 valence electrons. The largest absolute Gasteiger partial charge is 0.508 e. The number of aliphatic hydroxyl groups is 1. The van der Waals surface area contributed by atoms with Crippen molar-refractivity contribution in [3.63, 3.8) is 0 Å². The summed E-state index contributed by atoms with van der Waals surface area (Å²) in [5.41, 5.74) is 11.8. The van der Waals surface area contributed by atoms with Crippen LogP contribution in [0.5, 0.6) is 69.0 Å². The second kappa shape index (κ2) is 55.1. The minimum atomic E-state index is -0.189. The van der Waals surface area contributed by atoms with Crippen molar-refractivity contribution in [3.05, 3.63) is 355 Å². The van der Waals surface area contributed by atoms with Crippen molar-refractivity contribution < 1.29 is 96.1 Å². The van der Waals surface area contributed by atoms with Gasteiger partial charge in [0, 0.05) is 56.7 Å². The number of allylic oxidation sites excluding steroid dienone is 2. The SMILES string of the molecule is C=CCc1cc(C(C)(C)c2ccc(OC)c(CC=C)c2)ccc1O.CC.CO.COc1ccc(C(C)(C)c2ccc(C)cc2)cc1.COc1ccc(C)cc1.COc1ccc(Cc2ccc(O)cc2)cc1.COc1cccc(O)c1.COc1ccccc1.COc1ccccc1.COc1ccccc1O.[CH3-].[Y]. The van der Waals surface area contributed by atoms with Gasteiger partial charge in [-0.1, -0.05) is 216 Å². The van der Waals surface area contributed by atoms with Crippen LogP contribution in [0.3, 0.4) is 0 Å². The third kappa shape index (κ3) is 35.9. The van der Waals surface area contributed by atoms with E-state index in [0.717, 1.165) is 71.1 Å². The number of hydrogen-bond acceptors (Lipinski definition) is 13. The third-order valence-corrected chi connectivity index (χ3v) is 16.0. The number of aryl methyl sites for hydroxylation is 2. The smallest absolute Gasteiger partial charge is 0.160 e. The molecule has 1 radical (unpaired) electrons. The van der Waals surface area contributed by atoms with Gasteiger partial charge in [-0.25, -0.2) is 0 Å². The van der Waals surface area contributed by atoms with Crippen LogP contribution < -0.4 is 37.9 Å². The summed E-state index contributed by atoms with van der Waals surface area (Å²) < 4.78 is 40.2. The van der Waals surface area contributed by atoms with Gasteiger partial charge in [0.1, 0.15) is 57.5 Å². The van der Waals surface area contributed by atoms with E-state index in [0.29, 0.717) is 29.4 Å². The quantitative estimate of drug-likeness (QED) is 0.0406. The molecule has 0 aliphatic rings. The average Bonchev–Trinajstić information content (AvgIpc) is 0.797. The molecule has 0 bridgehead atoms. The standard InChI is InChI=1S/C22H26O2.C17H20O.C14H14O2.C8H10O.2C7H8O2.2C7H8O.C2H6.CH4O.CH3.Y/c1-6-8-16-14-18(10-12-20(16)23)22(3,4)19-11-13-21(24-5)17(15-19)9-7-2;1-13-5-7-14(8-6-13)17(2,3)15-9-11-16(18-4)12-10-15;1-16-14-8-4-12(5-9-14)10-11-2-6-13(15)7-3-11;1-7-3-5-8(9-2)6-4-7;1-9-7-4-2-3-6(8)5-7;1-9-7-5-3-2-4-6(7)8;2*1-8-7-5-3-2-4-6-7;2*1-2;;/h6-7,10-15,23H,1-2,8-9H2,3-5H3;5-12H,1-4H3;2-9,15H,10H2,1H3;3-6H,1-2H3;2*2-5,8H,1H3;2*2-6H,1H3;1-2H3;2H,1H3;1H3;/q;;;;;;;;;;-1;. The van der Waals surface area contributed by atoms with Crippen LogP contribution in [-0.2, 0) is 62.8 Å². The van der Waals surface area contributed by atoms with Gasteiger partial charge in [-0.3, -0.25) is 0 Å². The molecule has 0 atom stereocenters. The summed E-state index contributed by atoms with van der Waals surface area (Å²) in [6.45, 7) is 24.6. The van der Waals surface area contributed by atoms with Crippen molar-refractivity contribution in [2.45, 2.75) is 85.5 Å². The molecule has 11 aromatic rings. The van der Waals surface area contributed by atoms with E-state index in [-0.39, 0.29) is 62.5 Å². The first-order chi connectivity index (χ1) is 50.6. The van der Waals surface area contributed by atoms with E-state index < -0.39 is 0 Å². The molecule has 0 spiro atoms. The number of methoxy groups -OCH3 is 8. The van der Waals surface area contributed by atoms with Crippen LogP contribution in [0.25, 0.3) is 0 Å². The maximum absolute atomic E-state index is 10.0. The predicted molar refractivity (Wildman–Crippen MR) is 440 cm³/mol. The van der Waals surface area contributed by atoms with Crippen LogP contribution in [0.1, 0.15) is 97.2 Å². The number of phenolic OH excluding ortho intramolecular Hbond substituents is 4. The fourth-order valence-corrected chi connectivity index (χ4v) is 9.71. The van der Waals surface area contributed by atoms with Gasteiger partial charge in [0.05, 0.1) is 56.9 Å². The van der Waals surface area contributed by atoms with Crippen molar-refractivity contribution >= 4 is 0 Å². The normalized spacial score (nSPS) is 9.59. The summed E-state index contributed by atoms with van der Waals surface area (Å²) >= 11 is 0. The monoisotopic (exact) mass is 1530 g/mol. The first kappa shape index (κ1) is 96.6. The molecule has 0 aliphatic heterocycles. The van der Waals surface area contributed by atoms with E-state index in [9.17, 15) is 10.2 Å². The summed E-state index contributed by atoms with van der Waals surface area (Å²) in [5.74, 6) is 7.61. The second-order valence-corrected chi connectivity index (χ2v) is 23.8. The molecule has 14 heteroatoms. The summed E-state index contributed by atoms with van der Waals surface area (Å²) in [7, 11) is 14.1. The van der Waals surface area contributed by atoms with Crippen molar-refractivity contribution in [2.24, 2.45) is 0 Å². The van der Waals surface area contributed by atoms with Gasteiger partial charge in [-0.05, 0) is 187 Å². The Morgan fingerprint density at radius 1 is 0.318 bits per heavy atom. The number of phenols is 4. The first-order valence-corrected chi connectivity index (χ1v) is 34.3. The van der Waals surface area contributed by atoms with Crippen molar-refractivity contribution in [2.75, 3.05) is 64.0 Å². The second-order valence-electron chi connectivity index (χ2n) is 23.8. The number of para-hydroxylation sites is 4. The van der Waals surface area contributed by atoms with E-state index in [2.05, 4.69) is 109 Å². The number of ether oxygens (including phenoxy) is 8. The molecular weight excluding hydrogens is 1410 g/mol. The molecule has 0 fully saturated rings. The molecule has 5 N–H and O–H groups in total. The summed E-state index contributed by atoms with van der Waals surface area (Å²) in [6.07, 6.45) is 5.98. The van der Waals surface area contributed by atoms with E-state index >= 15 is 0 Å². The molecular formula is C93H115O13Y-. The van der Waals surface area contributed by atoms with Gasteiger partial charge in [0.15, 0.2) is 11.5 Å². The van der Waals surface area contributed by atoms with Crippen LogP contribution in [0.2, 0.25) is 0 Å². The zero-order valence-electron chi connectivity index (χ0n) is 66.2. The Balaban J connectivity index is 0.00000123. The molecule has 0 heterocycles. The summed E-state index contributed by atoms with van der Waals surface area (Å²) in [5, 5.41) is 44.0. The Kier molecular flexibility index (Phi) is 49.7. The van der Waals surface area contributed by atoms with Crippen LogP contribution in [0.4, 0.5) is 0 Å². The van der Waals surface area contributed by atoms with Crippen molar-refractivity contribution in [1.29, 1.82) is 0 Å². The topological polar surface area (TPSA) is 175 Å². The maximum atomic E-state index is 10.0. The Morgan fingerprint density at radius 3 is 1.05 bits per heavy atom. The summed E-state index contributed by atoms with van der Waals surface area (Å²) in [6, 6.07) is 85.3. The maximum Gasteiger partial charge on any atom is 0.160 e. The van der Waals surface area contributed by atoms with Crippen LogP contribution in [0.15, 0.2) is 292 Å². The van der Waals surface area contributed by atoms with Crippen LogP contribution >= 0.6 is 0 Å². The zero-order valence-corrected chi connectivity index (χ0v) is 69.0. The third-order valence-electron chi connectivity index (χ3n) is 16.0. The number of hydrogen-bond donors (Lipinski definition) is 5. The van der Waals surface area contributed by atoms with Crippen molar-refractivity contribution in [3.8, 4) is 69.0 Å². The molecule has 107 heavy (non-hydrogen) atoms.